The van der Waals surface area contributed by atoms with Crippen molar-refractivity contribution in [1.29, 1.82) is 0 Å². The van der Waals surface area contributed by atoms with Gasteiger partial charge in [-0.1, -0.05) is 13.8 Å². The molecule has 0 aromatic heterocycles. The number of nitrogens with zero attached hydrogens (tertiary/aromatic N) is 1. The minimum Gasteiger partial charge on any atom is -0.373 e. The van der Waals surface area contributed by atoms with Gasteiger partial charge in [-0.05, 0) is 19.3 Å². The zero-order chi connectivity index (χ0) is 17.5. The van der Waals surface area contributed by atoms with E-state index in [1.54, 1.807) is 4.90 Å². The lowest BCUT2D eigenvalue weighted by Gasteiger charge is -2.42. The quantitative estimate of drug-likeness (QED) is 0.851. The van der Waals surface area contributed by atoms with Crippen LogP contribution in [0.4, 0.5) is 8.78 Å². The van der Waals surface area contributed by atoms with Crippen LogP contribution in [0.2, 0.25) is 0 Å². The maximum absolute atomic E-state index is 12.9. The lowest BCUT2D eigenvalue weighted by atomic mass is 9.79. The number of amides is 2. The standard InChI is InChI=1S/C17H26F2N2O3/c1-11(2)14(22)20-13-9-16(24-10-13)3-5-21(6-4-16)15(23)12-7-17(18,19)8-12/h11-13H,3-10H2,1-2H3,(H,20,22). The second kappa shape index (κ2) is 6.24. The first-order valence-corrected chi connectivity index (χ1v) is 8.81. The number of hydrogen-bond acceptors (Lipinski definition) is 3. The molecule has 1 saturated carbocycles. The third-order valence-electron chi connectivity index (χ3n) is 5.51. The molecule has 3 fully saturated rings. The SMILES string of the molecule is CC(C)C(=O)NC1COC2(CCN(C(=O)C3CC(F)(F)C3)CC2)C1. The van der Waals surface area contributed by atoms with E-state index in [-0.39, 0.29) is 42.2 Å². The van der Waals surface area contributed by atoms with E-state index in [2.05, 4.69) is 5.32 Å². The van der Waals surface area contributed by atoms with Gasteiger partial charge in [-0.15, -0.1) is 0 Å². The lowest BCUT2D eigenvalue weighted by Crippen LogP contribution is -2.52. The molecule has 2 heterocycles. The Hall–Kier alpha value is -1.24. The number of ether oxygens (including phenoxy) is 1. The number of rotatable bonds is 3. The van der Waals surface area contributed by atoms with Crippen molar-refractivity contribution in [3.63, 3.8) is 0 Å². The molecule has 2 amide bonds. The van der Waals surface area contributed by atoms with Gasteiger partial charge in [0.25, 0.3) is 0 Å². The van der Waals surface area contributed by atoms with E-state index in [1.165, 1.54) is 0 Å². The number of carbonyl (C=O) groups is 2. The molecule has 2 aliphatic heterocycles. The number of hydrogen-bond donors (Lipinski definition) is 1. The summed E-state index contributed by atoms with van der Waals surface area (Å²) in [6.45, 7) is 5.31. The van der Waals surface area contributed by atoms with E-state index in [1.807, 2.05) is 13.8 Å². The van der Waals surface area contributed by atoms with Gasteiger partial charge in [0.15, 0.2) is 0 Å². The van der Waals surface area contributed by atoms with Crippen LogP contribution < -0.4 is 5.32 Å². The Morgan fingerprint density at radius 1 is 1.17 bits per heavy atom. The van der Waals surface area contributed by atoms with Crippen molar-refractivity contribution in [2.24, 2.45) is 11.8 Å². The molecule has 2 saturated heterocycles. The Balaban J connectivity index is 1.47. The van der Waals surface area contributed by atoms with E-state index in [0.717, 1.165) is 6.42 Å². The zero-order valence-corrected chi connectivity index (χ0v) is 14.3. The molecule has 1 unspecified atom stereocenters. The first-order chi connectivity index (χ1) is 11.2. The Labute approximate surface area is 141 Å². The predicted molar refractivity (Wildman–Crippen MR) is 83.6 cm³/mol. The van der Waals surface area contributed by atoms with Crippen LogP contribution in [0.5, 0.6) is 0 Å². The van der Waals surface area contributed by atoms with E-state index >= 15 is 0 Å². The Kier molecular flexibility index (Phi) is 4.57. The van der Waals surface area contributed by atoms with Crippen LogP contribution in [0.15, 0.2) is 0 Å². The van der Waals surface area contributed by atoms with Crippen molar-refractivity contribution in [2.45, 2.75) is 63.5 Å². The van der Waals surface area contributed by atoms with E-state index in [0.29, 0.717) is 32.5 Å². The summed E-state index contributed by atoms with van der Waals surface area (Å²) in [7, 11) is 0. The van der Waals surface area contributed by atoms with Crippen LogP contribution in [0.1, 0.15) is 46.0 Å². The molecule has 3 rings (SSSR count). The summed E-state index contributed by atoms with van der Waals surface area (Å²) in [5, 5.41) is 3.00. The van der Waals surface area contributed by atoms with Crippen LogP contribution in [-0.2, 0) is 14.3 Å². The average Bonchev–Trinajstić information content (AvgIpc) is 2.87. The van der Waals surface area contributed by atoms with Gasteiger partial charge in [0.1, 0.15) is 0 Å². The molecule has 1 spiro atoms. The van der Waals surface area contributed by atoms with Crippen molar-refractivity contribution < 1.29 is 23.1 Å². The second-order valence-electron chi connectivity index (χ2n) is 7.84. The molecule has 5 nitrogen and oxygen atoms in total. The topological polar surface area (TPSA) is 58.6 Å². The van der Waals surface area contributed by atoms with Gasteiger partial charge < -0.3 is 15.0 Å². The maximum Gasteiger partial charge on any atom is 0.249 e. The van der Waals surface area contributed by atoms with Crippen LogP contribution in [0.3, 0.4) is 0 Å². The number of likely N-dealkylation sites (tertiary alicyclic amines) is 1. The molecular weight excluding hydrogens is 318 g/mol. The minimum atomic E-state index is -2.66. The normalized spacial score (nSPS) is 28.9. The predicted octanol–water partition coefficient (Wildman–Crippen LogP) is 1.95. The molecule has 1 atom stereocenters. The Bertz CT molecular complexity index is 508. The summed E-state index contributed by atoms with van der Waals surface area (Å²) >= 11 is 0. The minimum absolute atomic E-state index is 0.0208. The smallest absolute Gasteiger partial charge is 0.249 e. The fourth-order valence-electron chi connectivity index (χ4n) is 3.88. The number of nitrogens with one attached hydrogen (secondary N) is 1. The summed E-state index contributed by atoms with van der Waals surface area (Å²) in [6.07, 6.45) is 1.54. The van der Waals surface area contributed by atoms with Gasteiger partial charge in [0, 0.05) is 37.8 Å². The van der Waals surface area contributed by atoms with Crippen LogP contribution in [0, 0.1) is 11.8 Å². The Morgan fingerprint density at radius 3 is 2.33 bits per heavy atom. The third-order valence-corrected chi connectivity index (χ3v) is 5.51. The molecule has 24 heavy (non-hydrogen) atoms. The maximum atomic E-state index is 12.9. The highest BCUT2D eigenvalue weighted by atomic mass is 19.3. The van der Waals surface area contributed by atoms with Gasteiger partial charge in [0.05, 0.1) is 18.2 Å². The molecule has 0 bridgehead atoms. The first kappa shape index (κ1) is 17.6. The van der Waals surface area contributed by atoms with Crippen LogP contribution >= 0.6 is 0 Å². The van der Waals surface area contributed by atoms with Crippen molar-refractivity contribution in [3.8, 4) is 0 Å². The van der Waals surface area contributed by atoms with Crippen molar-refractivity contribution in [3.05, 3.63) is 0 Å². The average molecular weight is 344 g/mol. The summed E-state index contributed by atoms with van der Waals surface area (Å²) in [5.41, 5.74) is -0.282. The fraction of sp³-hybridized carbons (Fsp3) is 0.882. The van der Waals surface area contributed by atoms with Crippen molar-refractivity contribution in [2.75, 3.05) is 19.7 Å². The second-order valence-corrected chi connectivity index (χ2v) is 7.84. The number of halogens is 2. The molecule has 0 aromatic rings. The molecule has 1 N–H and O–H groups in total. The van der Waals surface area contributed by atoms with E-state index in [4.69, 9.17) is 4.74 Å². The van der Waals surface area contributed by atoms with Crippen molar-refractivity contribution >= 4 is 11.8 Å². The molecule has 1 aliphatic carbocycles. The molecule has 0 aromatic carbocycles. The first-order valence-electron chi connectivity index (χ1n) is 8.81. The highest BCUT2D eigenvalue weighted by Crippen LogP contribution is 2.44. The number of piperidine rings is 1. The van der Waals surface area contributed by atoms with E-state index in [9.17, 15) is 18.4 Å². The molecular formula is C17H26F2N2O3. The zero-order valence-electron chi connectivity index (χ0n) is 14.3. The summed E-state index contributed by atoms with van der Waals surface area (Å²) in [4.78, 5) is 25.8. The molecule has 136 valence electrons. The van der Waals surface area contributed by atoms with Gasteiger partial charge >= 0.3 is 0 Å². The van der Waals surface area contributed by atoms with Crippen molar-refractivity contribution in [1.82, 2.24) is 10.2 Å². The summed E-state index contributed by atoms with van der Waals surface area (Å²) in [6, 6.07) is 0.0208. The fourth-order valence-corrected chi connectivity index (χ4v) is 3.88. The summed E-state index contributed by atoms with van der Waals surface area (Å²) in [5.74, 6) is -3.34. The van der Waals surface area contributed by atoms with Gasteiger partial charge in [-0.3, -0.25) is 9.59 Å². The molecule has 3 aliphatic rings. The molecule has 7 heteroatoms. The Morgan fingerprint density at radius 2 is 1.79 bits per heavy atom. The lowest BCUT2D eigenvalue weighted by molar-refractivity contribution is -0.163. The monoisotopic (exact) mass is 344 g/mol. The molecule has 0 radical (unpaired) electrons. The van der Waals surface area contributed by atoms with Gasteiger partial charge in [0.2, 0.25) is 17.7 Å². The largest absolute Gasteiger partial charge is 0.373 e. The van der Waals surface area contributed by atoms with Crippen LogP contribution in [-0.4, -0.2) is 54.0 Å². The van der Waals surface area contributed by atoms with Crippen LogP contribution in [0.25, 0.3) is 0 Å². The number of carbonyl (C=O) groups excluding carboxylic acids is 2. The van der Waals surface area contributed by atoms with Gasteiger partial charge in [-0.25, -0.2) is 8.78 Å². The third kappa shape index (κ3) is 3.55. The highest BCUT2D eigenvalue weighted by molar-refractivity contribution is 5.80. The van der Waals surface area contributed by atoms with E-state index < -0.39 is 11.8 Å². The highest BCUT2D eigenvalue weighted by Gasteiger charge is 2.51. The summed E-state index contributed by atoms with van der Waals surface area (Å²) < 4.78 is 31.8. The van der Waals surface area contributed by atoms with Gasteiger partial charge in [-0.2, -0.15) is 0 Å². The number of alkyl halides is 2.